The van der Waals surface area contributed by atoms with Gasteiger partial charge in [-0.3, -0.25) is 9.89 Å². The zero-order valence-corrected chi connectivity index (χ0v) is 21.7. The van der Waals surface area contributed by atoms with Crippen LogP contribution in [0.1, 0.15) is 51.1 Å². The van der Waals surface area contributed by atoms with Crippen molar-refractivity contribution >= 4 is 29.9 Å². The molecule has 0 bridgehead atoms. The van der Waals surface area contributed by atoms with Crippen molar-refractivity contribution in [3.8, 4) is 5.75 Å². The Labute approximate surface area is 200 Å². The van der Waals surface area contributed by atoms with Gasteiger partial charge in [0.05, 0.1) is 13.2 Å². The summed E-state index contributed by atoms with van der Waals surface area (Å²) in [5.74, 6) is 1.84. The van der Waals surface area contributed by atoms with Crippen molar-refractivity contribution < 1.29 is 4.74 Å². The number of likely N-dealkylation sites (tertiary alicyclic amines) is 1. The quantitative estimate of drug-likeness (QED) is 0.186. The van der Waals surface area contributed by atoms with E-state index in [9.17, 15) is 0 Å². The molecule has 1 aromatic carbocycles. The lowest BCUT2D eigenvalue weighted by Gasteiger charge is -2.30. The predicted octanol–water partition coefficient (Wildman–Crippen LogP) is 3.74. The molecule has 0 amide bonds. The van der Waals surface area contributed by atoms with Crippen molar-refractivity contribution in [2.75, 3.05) is 60.0 Å². The first-order chi connectivity index (χ1) is 14.2. The van der Waals surface area contributed by atoms with Crippen LogP contribution in [0.15, 0.2) is 29.3 Å². The number of ether oxygens (including phenoxy) is 1. The fourth-order valence-corrected chi connectivity index (χ4v) is 4.05. The highest BCUT2D eigenvalue weighted by atomic mass is 127. The number of para-hydroxylation sites is 1. The van der Waals surface area contributed by atoms with E-state index in [0.29, 0.717) is 0 Å². The average molecular weight is 532 g/mol. The lowest BCUT2D eigenvalue weighted by atomic mass is 10.0. The highest BCUT2D eigenvalue weighted by molar-refractivity contribution is 14.0. The summed E-state index contributed by atoms with van der Waals surface area (Å²) in [6.45, 7) is 11.9. The van der Waals surface area contributed by atoms with Crippen LogP contribution in [0.3, 0.4) is 0 Å². The maximum Gasteiger partial charge on any atom is 0.191 e. The first-order valence-corrected chi connectivity index (χ1v) is 11.3. The van der Waals surface area contributed by atoms with Gasteiger partial charge in [-0.1, -0.05) is 32.0 Å². The molecule has 2 N–H and O–H groups in total. The van der Waals surface area contributed by atoms with Crippen molar-refractivity contribution in [3.05, 3.63) is 29.8 Å². The Bertz CT molecular complexity index is 603. The second kappa shape index (κ2) is 15.7. The third-order valence-electron chi connectivity index (χ3n) is 5.85. The molecule has 1 atom stereocenters. The maximum atomic E-state index is 5.64. The molecule has 2 rings (SSSR count). The monoisotopic (exact) mass is 531 g/mol. The van der Waals surface area contributed by atoms with Gasteiger partial charge in [-0.05, 0) is 64.5 Å². The van der Waals surface area contributed by atoms with Gasteiger partial charge in [-0.15, -0.1) is 24.0 Å². The molecule has 0 radical (unpaired) electrons. The molecule has 0 saturated carbocycles. The normalized spacial score (nSPS) is 15.7. The number of benzene rings is 1. The number of hydrogen-bond donors (Lipinski definition) is 2. The molecule has 1 heterocycles. The summed E-state index contributed by atoms with van der Waals surface area (Å²) in [7, 11) is 3.60. The molecule has 6 nitrogen and oxygen atoms in total. The van der Waals surface area contributed by atoms with Gasteiger partial charge in [0.1, 0.15) is 5.75 Å². The number of nitrogens with one attached hydrogen (secondary N) is 2. The summed E-state index contributed by atoms with van der Waals surface area (Å²) < 4.78 is 5.64. The highest BCUT2D eigenvalue weighted by Gasteiger charge is 2.25. The van der Waals surface area contributed by atoms with Gasteiger partial charge in [0.25, 0.3) is 0 Å². The number of guanidine groups is 1. The molecule has 1 aliphatic heterocycles. The molecule has 0 spiro atoms. The van der Waals surface area contributed by atoms with Crippen LogP contribution in [-0.4, -0.2) is 75.7 Å². The molecule has 1 fully saturated rings. The molecule has 0 aliphatic carbocycles. The van der Waals surface area contributed by atoms with Crippen LogP contribution >= 0.6 is 24.0 Å². The van der Waals surface area contributed by atoms with Crippen molar-refractivity contribution in [1.82, 2.24) is 20.4 Å². The summed E-state index contributed by atoms with van der Waals surface area (Å²) in [6.07, 6.45) is 4.90. The predicted molar refractivity (Wildman–Crippen MR) is 138 cm³/mol. The fourth-order valence-electron chi connectivity index (χ4n) is 4.05. The number of halogens is 1. The topological polar surface area (TPSA) is 52.1 Å². The molecule has 1 aromatic rings. The molecule has 1 aliphatic rings. The molecule has 30 heavy (non-hydrogen) atoms. The summed E-state index contributed by atoms with van der Waals surface area (Å²) in [6, 6.07) is 8.67. The number of methoxy groups -OCH3 is 1. The molecule has 172 valence electrons. The van der Waals surface area contributed by atoms with Crippen molar-refractivity contribution in [2.24, 2.45) is 4.99 Å². The van der Waals surface area contributed by atoms with Gasteiger partial charge in [-0.2, -0.15) is 0 Å². The van der Waals surface area contributed by atoms with E-state index < -0.39 is 0 Å². The van der Waals surface area contributed by atoms with Crippen LogP contribution in [-0.2, 0) is 0 Å². The molecular formula is C23H42IN5O. The van der Waals surface area contributed by atoms with Crippen LogP contribution in [0.5, 0.6) is 5.75 Å². The molecule has 7 heteroatoms. The van der Waals surface area contributed by atoms with E-state index in [1.54, 1.807) is 7.11 Å². The number of aliphatic imine (C=N–C) groups is 1. The van der Waals surface area contributed by atoms with Crippen molar-refractivity contribution in [3.63, 3.8) is 0 Å². The second-order valence-corrected chi connectivity index (χ2v) is 7.61. The van der Waals surface area contributed by atoms with Crippen molar-refractivity contribution in [2.45, 2.75) is 45.6 Å². The third kappa shape index (κ3) is 8.59. The Kier molecular flexibility index (Phi) is 14.1. The van der Waals surface area contributed by atoms with Gasteiger partial charge in [-0.25, -0.2) is 0 Å². The summed E-state index contributed by atoms with van der Waals surface area (Å²) in [5.41, 5.74) is 1.25. The van der Waals surface area contributed by atoms with Crippen LogP contribution in [0, 0.1) is 0 Å². The van der Waals surface area contributed by atoms with Gasteiger partial charge in [0, 0.05) is 25.7 Å². The minimum absolute atomic E-state index is 0. The van der Waals surface area contributed by atoms with E-state index in [2.05, 4.69) is 57.5 Å². The van der Waals surface area contributed by atoms with Gasteiger partial charge >= 0.3 is 0 Å². The first-order valence-electron chi connectivity index (χ1n) is 11.3. The number of rotatable bonds is 12. The molecule has 1 unspecified atom stereocenters. The van der Waals surface area contributed by atoms with Crippen LogP contribution in [0.4, 0.5) is 0 Å². The van der Waals surface area contributed by atoms with Gasteiger partial charge < -0.3 is 20.3 Å². The minimum atomic E-state index is 0. The zero-order valence-electron chi connectivity index (χ0n) is 19.3. The lowest BCUT2D eigenvalue weighted by Crippen LogP contribution is -2.43. The number of hydrogen-bond acceptors (Lipinski definition) is 4. The van der Waals surface area contributed by atoms with E-state index in [0.717, 1.165) is 57.4 Å². The average Bonchev–Trinajstić information content (AvgIpc) is 3.29. The number of unbranched alkanes of at least 4 members (excludes halogenated alkanes) is 1. The Hall–Kier alpha value is -1.06. The summed E-state index contributed by atoms with van der Waals surface area (Å²) in [5, 5.41) is 7.03. The Morgan fingerprint density at radius 3 is 2.47 bits per heavy atom. The second-order valence-electron chi connectivity index (χ2n) is 7.61. The van der Waals surface area contributed by atoms with Crippen molar-refractivity contribution in [1.29, 1.82) is 0 Å². The van der Waals surface area contributed by atoms with Crippen LogP contribution in [0.2, 0.25) is 0 Å². The minimum Gasteiger partial charge on any atom is -0.496 e. The lowest BCUT2D eigenvalue weighted by molar-refractivity contribution is 0.239. The van der Waals surface area contributed by atoms with Crippen LogP contribution in [0.25, 0.3) is 0 Å². The first kappa shape index (κ1) is 27.0. The Morgan fingerprint density at radius 1 is 1.13 bits per heavy atom. The molecule has 1 saturated heterocycles. The van der Waals surface area contributed by atoms with Crippen LogP contribution < -0.4 is 15.4 Å². The molecular weight excluding hydrogens is 489 g/mol. The highest BCUT2D eigenvalue weighted by Crippen LogP contribution is 2.31. The Morgan fingerprint density at radius 2 is 1.83 bits per heavy atom. The standard InChI is InChI=1S/C23H41N5O.HI/c1-5-27(6-2)16-10-9-15-25-23(24-3)26-19-21(28-17-11-12-18-28)20-13-7-8-14-22(20)29-4;/h7-8,13-14,21H,5-6,9-12,15-19H2,1-4H3,(H2,24,25,26);1H. The van der Waals surface area contributed by atoms with E-state index in [-0.39, 0.29) is 30.0 Å². The maximum absolute atomic E-state index is 5.64. The number of nitrogens with zero attached hydrogens (tertiary/aromatic N) is 3. The molecule has 0 aromatic heterocycles. The zero-order chi connectivity index (χ0) is 20.9. The summed E-state index contributed by atoms with van der Waals surface area (Å²) >= 11 is 0. The third-order valence-corrected chi connectivity index (χ3v) is 5.85. The SMILES string of the molecule is CCN(CC)CCCCNC(=NC)NCC(c1ccccc1OC)N1CCCC1.I. The van der Waals surface area contributed by atoms with E-state index in [1.807, 2.05) is 13.1 Å². The smallest absolute Gasteiger partial charge is 0.191 e. The van der Waals surface area contributed by atoms with E-state index in [1.165, 1.54) is 31.4 Å². The van der Waals surface area contributed by atoms with Gasteiger partial charge in [0.15, 0.2) is 5.96 Å². The summed E-state index contributed by atoms with van der Waals surface area (Å²) in [4.78, 5) is 9.45. The fraction of sp³-hybridized carbons (Fsp3) is 0.696. The van der Waals surface area contributed by atoms with E-state index in [4.69, 9.17) is 4.74 Å². The largest absolute Gasteiger partial charge is 0.496 e. The van der Waals surface area contributed by atoms with E-state index >= 15 is 0 Å². The Balaban J connectivity index is 0.00000450. The van der Waals surface area contributed by atoms with Gasteiger partial charge in [0.2, 0.25) is 0 Å².